The summed E-state index contributed by atoms with van der Waals surface area (Å²) in [5.41, 5.74) is 4.58. The minimum Gasteiger partial charge on any atom is -0.489 e. The summed E-state index contributed by atoms with van der Waals surface area (Å²) in [5, 5.41) is 3.46. The Balaban J connectivity index is 0.935. The Kier molecular flexibility index (Phi) is 7.35. The van der Waals surface area contributed by atoms with E-state index in [2.05, 4.69) is 34.5 Å². The fraction of sp³-hybridized carbons (Fsp3) is 0.438. The van der Waals surface area contributed by atoms with E-state index < -0.39 is 11.9 Å². The van der Waals surface area contributed by atoms with Crippen molar-refractivity contribution in [3.05, 3.63) is 70.9 Å². The maximum atomic E-state index is 13.0. The number of imide groups is 1. The summed E-state index contributed by atoms with van der Waals surface area (Å²) in [6, 6.07) is 15.5. The number of piperidine rings is 1. The topological polar surface area (TPSA) is 110 Å². The number of benzene rings is 2. The molecule has 42 heavy (non-hydrogen) atoms. The van der Waals surface area contributed by atoms with Crippen LogP contribution in [0.2, 0.25) is 0 Å². The van der Waals surface area contributed by atoms with Crippen molar-refractivity contribution in [2.45, 2.75) is 63.6 Å². The van der Waals surface area contributed by atoms with Gasteiger partial charge >= 0.3 is 0 Å². The fourth-order valence-corrected chi connectivity index (χ4v) is 6.36. The number of nitrogens with zero attached hydrogens (tertiary/aromatic N) is 3. The van der Waals surface area contributed by atoms with Crippen LogP contribution < -0.4 is 10.1 Å². The zero-order valence-corrected chi connectivity index (χ0v) is 23.4. The van der Waals surface area contributed by atoms with Crippen molar-refractivity contribution >= 4 is 28.6 Å². The van der Waals surface area contributed by atoms with Gasteiger partial charge in [-0.25, -0.2) is 0 Å². The lowest BCUT2D eigenvalue weighted by molar-refractivity contribution is -0.136. The Morgan fingerprint density at radius 1 is 1.00 bits per heavy atom. The minimum atomic E-state index is -0.616. The number of ether oxygens (including phenoxy) is 3. The molecule has 3 saturated heterocycles. The molecule has 10 nitrogen and oxygen atoms in total. The van der Waals surface area contributed by atoms with Gasteiger partial charge in [-0.1, -0.05) is 12.1 Å². The van der Waals surface area contributed by atoms with Crippen LogP contribution >= 0.6 is 0 Å². The molecule has 0 saturated carbocycles. The van der Waals surface area contributed by atoms with Crippen molar-refractivity contribution in [2.24, 2.45) is 0 Å². The largest absolute Gasteiger partial charge is 0.489 e. The first-order valence-electron chi connectivity index (χ1n) is 14.7. The number of nitrogens with one attached hydrogen (secondary N) is 1. The minimum absolute atomic E-state index is 0.0568. The van der Waals surface area contributed by atoms with E-state index in [1.807, 2.05) is 18.2 Å². The summed E-state index contributed by atoms with van der Waals surface area (Å²) in [4.78, 5) is 45.6. The molecule has 4 aliphatic heterocycles. The summed E-state index contributed by atoms with van der Waals surface area (Å²) >= 11 is 0. The Labute approximate surface area is 243 Å². The number of hydrogen-bond donors (Lipinski definition) is 1. The molecule has 7 rings (SSSR count). The number of pyridine rings is 1. The summed E-state index contributed by atoms with van der Waals surface area (Å²) < 4.78 is 17.6. The SMILES string of the molecule is O=C1CCC(N2Cc3cc(O[C@H]4CCN(Cc5ccc6nc(CO[C@H]7CCOC7)ccc6c5)C4)ccc3C2=O)C(=O)N1. The van der Waals surface area contributed by atoms with Crippen molar-refractivity contribution in [1.82, 2.24) is 20.1 Å². The summed E-state index contributed by atoms with van der Waals surface area (Å²) in [6.07, 6.45) is 2.68. The number of aromatic nitrogens is 1. The molecule has 0 bridgehead atoms. The third-order valence-electron chi connectivity index (χ3n) is 8.60. The Bertz CT molecular complexity index is 1540. The highest BCUT2D eigenvalue weighted by Gasteiger charge is 2.39. The van der Waals surface area contributed by atoms with Crippen LogP contribution in [-0.4, -0.2) is 77.1 Å². The molecule has 1 unspecified atom stereocenters. The van der Waals surface area contributed by atoms with Crippen LogP contribution in [0.15, 0.2) is 48.5 Å². The van der Waals surface area contributed by atoms with Crippen molar-refractivity contribution in [1.29, 1.82) is 0 Å². The molecule has 3 aromatic rings. The number of hydrogen-bond acceptors (Lipinski definition) is 8. The third-order valence-corrected chi connectivity index (χ3v) is 8.60. The standard InChI is InChI=1S/C32H34N4O6/c37-30-8-7-29(31(38)34-30)36-16-22-14-24(4-5-27(22)32(36)39)42-25-9-11-35(17-25)15-20-1-6-28-21(13-20)2-3-23(33-28)18-41-26-10-12-40-19-26/h1-6,13-14,25-26,29H,7-12,15-19H2,(H,34,37,38)/t25-,26-,29?/m0/s1. The normalized spacial score (nSPS) is 24.4. The van der Waals surface area contributed by atoms with Crippen LogP contribution in [0.3, 0.4) is 0 Å². The lowest BCUT2D eigenvalue weighted by Crippen LogP contribution is -2.52. The van der Waals surface area contributed by atoms with Crippen LogP contribution in [0.1, 0.15) is 52.9 Å². The smallest absolute Gasteiger partial charge is 0.255 e. The van der Waals surface area contributed by atoms with Gasteiger partial charge in [0.25, 0.3) is 5.91 Å². The van der Waals surface area contributed by atoms with Crippen molar-refractivity contribution in [3.8, 4) is 5.75 Å². The van der Waals surface area contributed by atoms with Crippen molar-refractivity contribution in [2.75, 3.05) is 26.3 Å². The highest BCUT2D eigenvalue weighted by atomic mass is 16.5. The number of fused-ring (bicyclic) bond motifs is 2. The van der Waals surface area contributed by atoms with Crippen LogP contribution in [0.4, 0.5) is 0 Å². The first kappa shape index (κ1) is 27.0. The quantitative estimate of drug-likeness (QED) is 0.412. The molecule has 3 atom stereocenters. The van der Waals surface area contributed by atoms with E-state index in [-0.39, 0.29) is 30.4 Å². The van der Waals surface area contributed by atoms with Crippen molar-refractivity contribution in [3.63, 3.8) is 0 Å². The van der Waals surface area contributed by atoms with E-state index in [0.717, 1.165) is 67.0 Å². The van der Waals surface area contributed by atoms with Gasteiger partial charge in [-0.05, 0) is 66.8 Å². The second-order valence-electron chi connectivity index (χ2n) is 11.6. The van der Waals surface area contributed by atoms with Gasteiger partial charge in [0.15, 0.2) is 0 Å². The number of carbonyl (C=O) groups excluding carboxylic acids is 3. The maximum Gasteiger partial charge on any atom is 0.255 e. The van der Waals surface area contributed by atoms with Crippen LogP contribution in [0, 0.1) is 0 Å². The molecule has 0 spiro atoms. The van der Waals surface area contributed by atoms with Crippen LogP contribution in [0.5, 0.6) is 5.75 Å². The zero-order valence-electron chi connectivity index (χ0n) is 23.4. The molecule has 5 heterocycles. The molecule has 1 aromatic heterocycles. The summed E-state index contributed by atoms with van der Waals surface area (Å²) in [5.74, 6) is -0.129. The molecular formula is C32H34N4O6. The molecule has 1 N–H and O–H groups in total. The molecule has 218 valence electrons. The van der Waals surface area contributed by atoms with Crippen LogP contribution in [-0.2, 0) is 38.8 Å². The monoisotopic (exact) mass is 570 g/mol. The molecule has 3 fully saturated rings. The van der Waals surface area contributed by atoms with E-state index in [0.29, 0.717) is 31.7 Å². The average Bonchev–Trinajstić information content (AvgIpc) is 3.73. The third kappa shape index (κ3) is 5.62. The number of amides is 3. The molecule has 2 aromatic carbocycles. The van der Waals surface area contributed by atoms with Gasteiger partial charge in [0, 0.05) is 50.2 Å². The predicted octanol–water partition coefficient (Wildman–Crippen LogP) is 2.95. The maximum absolute atomic E-state index is 13.0. The summed E-state index contributed by atoms with van der Waals surface area (Å²) in [7, 11) is 0. The fourth-order valence-electron chi connectivity index (χ4n) is 6.36. The molecular weight excluding hydrogens is 536 g/mol. The molecule has 10 heteroatoms. The van der Waals surface area contributed by atoms with Gasteiger partial charge in [-0.3, -0.25) is 29.6 Å². The van der Waals surface area contributed by atoms with Crippen LogP contribution in [0.25, 0.3) is 10.9 Å². The van der Waals surface area contributed by atoms with E-state index >= 15 is 0 Å². The molecule has 3 amide bonds. The van der Waals surface area contributed by atoms with E-state index in [9.17, 15) is 14.4 Å². The van der Waals surface area contributed by atoms with E-state index in [4.69, 9.17) is 19.2 Å². The van der Waals surface area contributed by atoms with Gasteiger partial charge in [-0.2, -0.15) is 0 Å². The number of rotatable bonds is 8. The Morgan fingerprint density at radius 3 is 2.79 bits per heavy atom. The van der Waals surface area contributed by atoms with Gasteiger partial charge < -0.3 is 19.1 Å². The lowest BCUT2D eigenvalue weighted by Gasteiger charge is -2.29. The predicted molar refractivity (Wildman–Crippen MR) is 153 cm³/mol. The zero-order chi connectivity index (χ0) is 28.6. The highest BCUT2D eigenvalue weighted by molar-refractivity contribution is 6.05. The Hall–Kier alpha value is -3.86. The first-order valence-corrected chi connectivity index (χ1v) is 14.7. The molecule has 4 aliphatic rings. The van der Waals surface area contributed by atoms with E-state index in [1.54, 1.807) is 11.0 Å². The Morgan fingerprint density at radius 2 is 1.93 bits per heavy atom. The van der Waals surface area contributed by atoms with Crippen molar-refractivity contribution < 1.29 is 28.6 Å². The molecule has 0 aliphatic carbocycles. The van der Waals surface area contributed by atoms with E-state index in [1.165, 1.54) is 5.56 Å². The number of carbonyl (C=O) groups is 3. The molecule has 0 radical (unpaired) electrons. The lowest BCUT2D eigenvalue weighted by atomic mass is 10.0. The second kappa shape index (κ2) is 11.4. The van der Waals surface area contributed by atoms with Gasteiger partial charge in [0.1, 0.15) is 17.9 Å². The average molecular weight is 571 g/mol. The first-order chi connectivity index (χ1) is 20.5. The van der Waals surface area contributed by atoms with Gasteiger partial charge in [0.05, 0.1) is 30.5 Å². The number of likely N-dealkylation sites (tertiary alicyclic amines) is 1. The van der Waals surface area contributed by atoms with Gasteiger partial charge in [0.2, 0.25) is 11.8 Å². The van der Waals surface area contributed by atoms with Gasteiger partial charge in [-0.15, -0.1) is 0 Å². The summed E-state index contributed by atoms with van der Waals surface area (Å²) in [6.45, 7) is 4.87. The highest BCUT2D eigenvalue weighted by Crippen LogP contribution is 2.31. The second-order valence-corrected chi connectivity index (χ2v) is 11.6.